The van der Waals surface area contributed by atoms with Gasteiger partial charge in [-0.2, -0.15) is 0 Å². The van der Waals surface area contributed by atoms with Gasteiger partial charge < -0.3 is 9.88 Å². The third-order valence-electron chi connectivity index (χ3n) is 3.51. The molecule has 0 amide bonds. The largest absolute Gasteiger partial charge is 0.331 e. The van der Waals surface area contributed by atoms with Crippen LogP contribution in [0.3, 0.4) is 0 Å². The molecule has 0 bridgehead atoms. The van der Waals surface area contributed by atoms with E-state index in [0.717, 1.165) is 32.0 Å². The van der Waals surface area contributed by atoms with Crippen LogP contribution < -0.4 is 5.32 Å². The first-order valence-corrected chi connectivity index (χ1v) is 6.54. The summed E-state index contributed by atoms with van der Waals surface area (Å²) in [5.74, 6) is 2.86. The molecule has 1 saturated carbocycles. The van der Waals surface area contributed by atoms with Crippen LogP contribution in [0.1, 0.15) is 49.8 Å². The maximum atomic E-state index is 4.87. The zero-order valence-electron chi connectivity index (χ0n) is 10.3. The van der Waals surface area contributed by atoms with Gasteiger partial charge in [0.15, 0.2) is 0 Å². The van der Waals surface area contributed by atoms with Crippen molar-refractivity contribution in [2.45, 2.75) is 52.1 Å². The molecule has 1 aliphatic heterocycles. The van der Waals surface area contributed by atoms with Crippen LogP contribution in [0.4, 0.5) is 0 Å². The van der Waals surface area contributed by atoms with Crippen molar-refractivity contribution in [3.05, 3.63) is 17.2 Å². The Bertz CT molecular complexity index is 388. The lowest BCUT2D eigenvalue weighted by Gasteiger charge is -2.17. The lowest BCUT2D eigenvalue weighted by atomic mass is 10.1. The van der Waals surface area contributed by atoms with E-state index in [1.807, 2.05) is 0 Å². The predicted molar refractivity (Wildman–Crippen MR) is 64.5 cm³/mol. The number of hydrogen-bond acceptors (Lipinski definition) is 2. The monoisotopic (exact) mass is 219 g/mol. The molecule has 2 heterocycles. The molecule has 88 valence electrons. The van der Waals surface area contributed by atoms with Gasteiger partial charge in [-0.1, -0.05) is 13.8 Å². The van der Waals surface area contributed by atoms with Crippen molar-refractivity contribution in [3.8, 4) is 0 Å². The summed E-state index contributed by atoms with van der Waals surface area (Å²) in [5.41, 5.74) is 2.82. The third kappa shape index (κ3) is 1.77. The minimum Gasteiger partial charge on any atom is -0.331 e. The van der Waals surface area contributed by atoms with Crippen molar-refractivity contribution in [2.24, 2.45) is 5.92 Å². The zero-order valence-corrected chi connectivity index (χ0v) is 10.3. The number of nitrogens with zero attached hydrogens (tertiary/aromatic N) is 2. The van der Waals surface area contributed by atoms with E-state index in [1.54, 1.807) is 0 Å². The molecule has 0 atom stereocenters. The zero-order chi connectivity index (χ0) is 11.1. The molecule has 1 N–H and O–H groups in total. The normalized spacial score (nSPS) is 20.2. The highest BCUT2D eigenvalue weighted by molar-refractivity contribution is 5.24. The molecule has 2 aliphatic rings. The first-order chi connectivity index (χ1) is 7.75. The molecule has 0 radical (unpaired) electrons. The van der Waals surface area contributed by atoms with E-state index in [-0.39, 0.29) is 0 Å². The second-order valence-corrected chi connectivity index (χ2v) is 5.57. The Hall–Kier alpha value is -0.830. The number of hydrogen-bond donors (Lipinski definition) is 1. The van der Waals surface area contributed by atoms with E-state index < -0.39 is 0 Å². The van der Waals surface area contributed by atoms with Crippen molar-refractivity contribution in [1.82, 2.24) is 14.9 Å². The summed E-state index contributed by atoms with van der Waals surface area (Å²) in [4.78, 5) is 4.87. The van der Waals surface area contributed by atoms with Gasteiger partial charge in [-0.15, -0.1) is 0 Å². The fourth-order valence-corrected chi connectivity index (χ4v) is 2.61. The van der Waals surface area contributed by atoms with E-state index in [4.69, 9.17) is 4.98 Å². The van der Waals surface area contributed by atoms with Gasteiger partial charge in [0, 0.05) is 37.7 Å². The van der Waals surface area contributed by atoms with Crippen molar-refractivity contribution in [1.29, 1.82) is 0 Å². The summed E-state index contributed by atoms with van der Waals surface area (Å²) < 4.78 is 2.53. The molecular formula is C13H21N3. The number of fused-ring (bicyclic) bond motifs is 1. The Morgan fingerprint density at radius 3 is 2.94 bits per heavy atom. The predicted octanol–water partition coefficient (Wildman–Crippen LogP) is 2.06. The van der Waals surface area contributed by atoms with Crippen molar-refractivity contribution in [3.63, 3.8) is 0 Å². The topological polar surface area (TPSA) is 29.9 Å². The van der Waals surface area contributed by atoms with Crippen LogP contribution in [0.15, 0.2) is 0 Å². The summed E-state index contributed by atoms with van der Waals surface area (Å²) in [6, 6.07) is 0. The molecule has 1 aromatic rings. The van der Waals surface area contributed by atoms with Crippen molar-refractivity contribution in [2.75, 3.05) is 6.54 Å². The Morgan fingerprint density at radius 2 is 2.25 bits per heavy atom. The van der Waals surface area contributed by atoms with Gasteiger partial charge in [0.1, 0.15) is 5.82 Å². The van der Waals surface area contributed by atoms with Gasteiger partial charge in [0.05, 0.1) is 5.69 Å². The molecule has 1 aliphatic carbocycles. The van der Waals surface area contributed by atoms with Crippen molar-refractivity contribution < 1.29 is 0 Å². The molecule has 1 aromatic heterocycles. The van der Waals surface area contributed by atoms with E-state index in [2.05, 4.69) is 23.7 Å². The van der Waals surface area contributed by atoms with Gasteiger partial charge >= 0.3 is 0 Å². The second-order valence-electron chi connectivity index (χ2n) is 5.57. The maximum absolute atomic E-state index is 4.87. The Morgan fingerprint density at radius 1 is 1.44 bits per heavy atom. The molecule has 0 spiro atoms. The molecule has 3 rings (SSSR count). The van der Waals surface area contributed by atoms with Crippen molar-refractivity contribution >= 4 is 0 Å². The molecule has 3 nitrogen and oxygen atoms in total. The number of imidazole rings is 1. The van der Waals surface area contributed by atoms with Gasteiger partial charge in [0.25, 0.3) is 0 Å². The fraction of sp³-hybridized carbons (Fsp3) is 0.769. The van der Waals surface area contributed by atoms with Crippen LogP contribution in [0.25, 0.3) is 0 Å². The third-order valence-corrected chi connectivity index (χ3v) is 3.51. The van der Waals surface area contributed by atoms with E-state index >= 15 is 0 Å². The number of rotatable bonds is 3. The number of nitrogens with one attached hydrogen (secondary N) is 1. The van der Waals surface area contributed by atoms with Crippen LogP contribution in [0.5, 0.6) is 0 Å². The van der Waals surface area contributed by atoms with Crippen LogP contribution in [-0.4, -0.2) is 16.1 Å². The highest BCUT2D eigenvalue weighted by Gasteiger charge is 2.31. The van der Waals surface area contributed by atoms with Gasteiger partial charge in [-0.25, -0.2) is 4.98 Å². The summed E-state index contributed by atoms with van der Waals surface area (Å²) >= 11 is 0. The first kappa shape index (κ1) is 10.3. The summed E-state index contributed by atoms with van der Waals surface area (Å²) in [7, 11) is 0. The summed E-state index contributed by atoms with van der Waals surface area (Å²) in [6.07, 6.45) is 3.85. The first-order valence-electron chi connectivity index (χ1n) is 6.54. The molecule has 0 aromatic carbocycles. The van der Waals surface area contributed by atoms with Crippen LogP contribution in [0.2, 0.25) is 0 Å². The van der Waals surface area contributed by atoms with Crippen LogP contribution in [-0.2, 0) is 19.5 Å². The Balaban J connectivity index is 1.99. The lowest BCUT2D eigenvalue weighted by molar-refractivity contribution is 0.485. The lowest BCUT2D eigenvalue weighted by Crippen LogP contribution is -2.25. The van der Waals surface area contributed by atoms with Gasteiger partial charge in [-0.3, -0.25) is 0 Å². The maximum Gasteiger partial charge on any atom is 0.112 e. The highest BCUT2D eigenvalue weighted by atomic mass is 15.1. The minimum absolute atomic E-state index is 0.714. The second kappa shape index (κ2) is 3.88. The molecule has 0 saturated heterocycles. The number of aromatic nitrogens is 2. The van der Waals surface area contributed by atoms with E-state index in [9.17, 15) is 0 Å². The molecule has 0 unspecified atom stereocenters. The molecule has 3 heteroatoms. The Labute approximate surface area is 97.3 Å². The van der Waals surface area contributed by atoms with Crippen LogP contribution in [0, 0.1) is 5.92 Å². The standard InChI is InChI=1S/C13H21N3/c1-9(2)8-16-12-5-6-14-7-11(12)15-13(16)10-3-4-10/h9-10,14H,3-8H2,1-2H3. The summed E-state index contributed by atoms with van der Waals surface area (Å²) in [5, 5.41) is 3.42. The average Bonchev–Trinajstić information content (AvgIpc) is 3.03. The smallest absolute Gasteiger partial charge is 0.112 e. The Kier molecular flexibility index (Phi) is 2.51. The molecule has 16 heavy (non-hydrogen) atoms. The van der Waals surface area contributed by atoms with Crippen LogP contribution >= 0.6 is 0 Å². The quantitative estimate of drug-likeness (QED) is 0.843. The fourth-order valence-electron chi connectivity index (χ4n) is 2.61. The van der Waals surface area contributed by atoms with E-state index in [0.29, 0.717) is 5.92 Å². The van der Waals surface area contributed by atoms with Gasteiger partial charge in [0.2, 0.25) is 0 Å². The van der Waals surface area contributed by atoms with E-state index in [1.165, 1.54) is 30.1 Å². The SMILES string of the molecule is CC(C)Cn1c(C2CC2)nc2c1CCNC2. The molecule has 1 fully saturated rings. The minimum atomic E-state index is 0.714. The molecular weight excluding hydrogens is 198 g/mol. The van der Waals surface area contributed by atoms with Gasteiger partial charge in [-0.05, 0) is 18.8 Å². The average molecular weight is 219 g/mol. The summed E-state index contributed by atoms with van der Waals surface area (Å²) in [6.45, 7) is 7.82. The highest BCUT2D eigenvalue weighted by Crippen LogP contribution is 2.40.